The molecule has 0 bridgehead atoms. The van der Waals surface area contributed by atoms with Gasteiger partial charge in [0.2, 0.25) is 5.91 Å². The third kappa shape index (κ3) is 4.12. The Morgan fingerprint density at radius 2 is 2.38 bits per heavy atom. The van der Waals surface area contributed by atoms with Gasteiger partial charge >= 0.3 is 0 Å². The summed E-state index contributed by atoms with van der Waals surface area (Å²) in [6.45, 7) is 2.52. The molecule has 0 saturated carbocycles. The van der Waals surface area contributed by atoms with Crippen LogP contribution in [0.25, 0.3) is 10.2 Å². The summed E-state index contributed by atoms with van der Waals surface area (Å²) in [5, 5.41) is 14.6. The number of nitrogens with one attached hydrogen (secondary N) is 1. The summed E-state index contributed by atoms with van der Waals surface area (Å²) in [5.74, 6) is -0.178. The van der Waals surface area contributed by atoms with Gasteiger partial charge in [-0.3, -0.25) is 14.2 Å². The van der Waals surface area contributed by atoms with Crippen LogP contribution in [-0.4, -0.2) is 33.2 Å². The summed E-state index contributed by atoms with van der Waals surface area (Å²) in [5.41, 5.74) is -0.125. The summed E-state index contributed by atoms with van der Waals surface area (Å²) in [4.78, 5) is 28.7. The lowest BCUT2D eigenvalue weighted by Gasteiger charge is -2.11. The molecule has 0 spiro atoms. The van der Waals surface area contributed by atoms with E-state index in [9.17, 15) is 14.7 Å². The summed E-state index contributed by atoms with van der Waals surface area (Å²) in [6.07, 6.45) is 2.69. The minimum atomic E-state index is -0.509. The van der Waals surface area contributed by atoms with Gasteiger partial charge < -0.3 is 10.4 Å². The van der Waals surface area contributed by atoms with Crippen LogP contribution in [0, 0.1) is 0 Å². The normalized spacial score (nSPS) is 12.5. The minimum absolute atomic E-state index is 0.125. The predicted octanol–water partition coefficient (Wildman–Crippen LogP) is 1.13. The Kier molecular flexibility index (Phi) is 5.46. The molecule has 2 N–H and O–H groups in total. The molecule has 2 aromatic heterocycles. The maximum absolute atomic E-state index is 12.1. The lowest BCUT2D eigenvalue weighted by atomic mass is 10.2. The molecule has 21 heavy (non-hydrogen) atoms. The van der Waals surface area contributed by atoms with Crippen molar-refractivity contribution in [2.24, 2.45) is 0 Å². The van der Waals surface area contributed by atoms with Gasteiger partial charge in [-0.05, 0) is 17.9 Å². The van der Waals surface area contributed by atoms with Crippen molar-refractivity contribution in [2.45, 2.75) is 38.8 Å². The largest absolute Gasteiger partial charge is 0.391 e. The highest BCUT2D eigenvalue weighted by Gasteiger charge is 2.09. The van der Waals surface area contributed by atoms with Gasteiger partial charge in [-0.1, -0.05) is 13.3 Å². The Hall–Kier alpha value is -1.73. The van der Waals surface area contributed by atoms with Gasteiger partial charge in [-0.2, -0.15) is 0 Å². The van der Waals surface area contributed by atoms with E-state index in [-0.39, 0.29) is 31.0 Å². The van der Waals surface area contributed by atoms with Crippen molar-refractivity contribution < 1.29 is 9.90 Å². The van der Waals surface area contributed by atoms with Gasteiger partial charge in [0.1, 0.15) is 4.83 Å². The van der Waals surface area contributed by atoms with Gasteiger partial charge in [-0.25, -0.2) is 4.98 Å². The maximum atomic E-state index is 12.1. The summed E-state index contributed by atoms with van der Waals surface area (Å²) in [7, 11) is 0. The summed E-state index contributed by atoms with van der Waals surface area (Å²) in [6, 6.07) is 1.74. The van der Waals surface area contributed by atoms with Crippen LogP contribution in [0.5, 0.6) is 0 Å². The quantitative estimate of drug-likeness (QED) is 0.803. The van der Waals surface area contributed by atoms with E-state index in [4.69, 9.17) is 0 Å². The smallest absolute Gasteiger partial charge is 0.262 e. The molecular weight excluding hydrogens is 290 g/mol. The molecule has 0 aliphatic carbocycles. The van der Waals surface area contributed by atoms with Crippen molar-refractivity contribution >= 4 is 27.5 Å². The van der Waals surface area contributed by atoms with Crippen molar-refractivity contribution in [3.05, 3.63) is 28.1 Å². The molecule has 6 nitrogen and oxygen atoms in total. The van der Waals surface area contributed by atoms with E-state index in [1.165, 1.54) is 22.2 Å². The first kappa shape index (κ1) is 15.7. The van der Waals surface area contributed by atoms with Crippen LogP contribution >= 0.6 is 11.3 Å². The Morgan fingerprint density at radius 1 is 1.57 bits per heavy atom. The fraction of sp³-hybridized carbons (Fsp3) is 0.500. The van der Waals surface area contributed by atoms with Crippen molar-refractivity contribution in [1.82, 2.24) is 14.9 Å². The third-order valence-electron chi connectivity index (χ3n) is 3.19. The van der Waals surface area contributed by atoms with E-state index in [1.807, 2.05) is 12.3 Å². The predicted molar refractivity (Wildman–Crippen MR) is 82.4 cm³/mol. The highest BCUT2D eigenvalue weighted by atomic mass is 32.1. The van der Waals surface area contributed by atoms with E-state index in [0.29, 0.717) is 16.6 Å². The number of aliphatic hydroxyl groups is 1. The van der Waals surface area contributed by atoms with E-state index < -0.39 is 6.10 Å². The second-order valence-corrected chi connectivity index (χ2v) is 5.77. The van der Waals surface area contributed by atoms with Crippen LogP contribution in [-0.2, 0) is 11.3 Å². The van der Waals surface area contributed by atoms with Crippen LogP contribution < -0.4 is 10.9 Å². The number of aryl methyl sites for hydroxylation is 1. The maximum Gasteiger partial charge on any atom is 0.262 e. The Bertz CT molecular complexity index is 665. The Labute approximate surface area is 126 Å². The molecule has 7 heteroatoms. The number of carbonyl (C=O) groups excluding carboxylic acids is 1. The molecule has 2 rings (SSSR count). The monoisotopic (exact) mass is 309 g/mol. The molecule has 0 fully saturated rings. The number of hydrogen-bond acceptors (Lipinski definition) is 5. The van der Waals surface area contributed by atoms with Gasteiger partial charge in [0.15, 0.2) is 0 Å². The van der Waals surface area contributed by atoms with Crippen molar-refractivity contribution in [3.63, 3.8) is 0 Å². The standard InChI is InChI=1S/C14H19N3O3S/c1-2-3-10(18)8-15-12(19)4-6-17-9-16-13-11(14(17)20)5-7-21-13/h5,7,9-10,18H,2-4,6,8H2,1H3,(H,15,19). The van der Waals surface area contributed by atoms with Crippen LogP contribution in [0.15, 0.2) is 22.6 Å². The Morgan fingerprint density at radius 3 is 3.14 bits per heavy atom. The van der Waals surface area contributed by atoms with Gasteiger partial charge in [-0.15, -0.1) is 11.3 Å². The first-order valence-corrected chi connectivity index (χ1v) is 7.87. The lowest BCUT2D eigenvalue weighted by molar-refractivity contribution is -0.121. The van der Waals surface area contributed by atoms with Gasteiger partial charge in [0, 0.05) is 19.5 Å². The third-order valence-corrected chi connectivity index (χ3v) is 4.01. The van der Waals surface area contributed by atoms with E-state index in [1.54, 1.807) is 6.07 Å². The number of amides is 1. The second kappa shape index (κ2) is 7.33. The number of aromatic nitrogens is 2. The average molecular weight is 309 g/mol. The fourth-order valence-corrected chi connectivity index (χ4v) is 2.75. The number of aliphatic hydroxyl groups excluding tert-OH is 1. The molecule has 1 amide bonds. The van der Waals surface area contributed by atoms with Crippen molar-refractivity contribution in [2.75, 3.05) is 6.54 Å². The molecular formula is C14H19N3O3S. The zero-order chi connectivity index (χ0) is 15.2. The molecule has 2 aromatic rings. The molecule has 0 aromatic carbocycles. The summed E-state index contributed by atoms with van der Waals surface area (Å²) >= 11 is 1.42. The lowest BCUT2D eigenvalue weighted by Crippen LogP contribution is -2.33. The highest BCUT2D eigenvalue weighted by Crippen LogP contribution is 2.13. The fourth-order valence-electron chi connectivity index (χ4n) is 2.03. The van der Waals surface area contributed by atoms with Crippen LogP contribution in [0.1, 0.15) is 26.2 Å². The molecule has 0 aliphatic heterocycles. The number of rotatable bonds is 7. The van der Waals surface area contributed by atoms with Crippen LogP contribution in [0.3, 0.4) is 0 Å². The van der Waals surface area contributed by atoms with Crippen molar-refractivity contribution in [1.29, 1.82) is 0 Å². The first-order valence-electron chi connectivity index (χ1n) is 6.99. The second-order valence-electron chi connectivity index (χ2n) is 4.88. The number of nitrogens with zero attached hydrogens (tertiary/aromatic N) is 2. The number of hydrogen-bond donors (Lipinski definition) is 2. The number of fused-ring (bicyclic) bond motifs is 1. The average Bonchev–Trinajstić information content (AvgIpc) is 2.94. The summed E-state index contributed by atoms with van der Waals surface area (Å²) < 4.78 is 1.44. The van der Waals surface area contributed by atoms with Gasteiger partial charge in [0.05, 0.1) is 17.8 Å². The van der Waals surface area contributed by atoms with Crippen LogP contribution in [0.4, 0.5) is 0 Å². The molecule has 1 atom stereocenters. The first-order chi connectivity index (χ1) is 10.1. The molecule has 0 radical (unpaired) electrons. The van der Waals surface area contributed by atoms with E-state index in [2.05, 4.69) is 10.3 Å². The van der Waals surface area contributed by atoms with Crippen molar-refractivity contribution in [3.8, 4) is 0 Å². The van der Waals surface area contributed by atoms with Gasteiger partial charge in [0.25, 0.3) is 5.56 Å². The van der Waals surface area contributed by atoms with E-state index >= 15 is 0 Å². The zero-order valence-electron chi connectivity index (χ0n) is 11.9. The minimum Gasteiger partial charge on any atom is -0.391 e. The molecule has 0 aliphatic rings. The SMILES string of the molecule is CCCC(O)CNC(=O)CCn1cnc2sccc2c1=O. The highest BCUT2D eigenvalue weighted by molar-refractivity contribution is 7.16. The molecule has 2 heterocycles. The Balaban J connectivity index is 1.88. The molecule has 0 saturated heterocycles. The number of thiophene rings is 1. The molecule has 1 unspecified atom stereocenters. The topological polar surface area (TPSA) is 84.2 Å². The number of carbonyl (C=O) groups is 1. The zero-order valence-corrected chi connectivity index (χ0v) is 12.7. The molecule has 114 valence electrons. The van der Waals surface area contributed by atoms with Crippen LogP contribution in [0.2, 0.25) is 0 Å². The van der Waals surface area contributed by atoms with E-state index in [0.717, 1.165) is 6.42 Å².